The molecule has 0 unspecified atom stereocenters. The average molecular weight is 296 g/mol. The summed E-state index contributed by atoms with van der Waals surface area (Å²) in [6.07, 6.45) is 7.19. The number of sulfonamides is 1. The van der Waals surface area contributed by atoms with Crippen LogP contribution in [0.25, 0.3) is 0 Å². The SMILES string of the molecule is C#CCN(CC1CC1)S(=O)(=O)c1cc(N)cc(C)c1F. The molecule has 0 spiro atoms. The van der Waals surface area contributed by atoms with Gasteiger partial charge in [-0.25, -0.2) is 12.8 Å². The minimum absolute atomic E-state index is 0.0634. The Morgan fingerprint density at radius 2 is 2.15 bits per heavy atom. The fourth-order valence-electron chi connectivity index (χ4n) is 2.03. The molecule has 1 aliphatic rings. The van der Waals surface area contributed by atoms with Crippen LogP contribution in [0.1, 0.15) is 18.4 Å². The van der Waals surface area contributed by atoms with Crippen molar-refractivity contribution in [1.82, 2.24) is 4.31 Å². The van der Waals surface area contributed by atoms with E-state index >= 15 is 0 Å². The lowest BCUT2D eigenvalue weighted by molar-refractivity contribution is 0.425. The minimum Gasteiger partial charge on any atom is -0.399 e. The van der Waals surface area contributed by atoms with E-state index in [0.29, 0.717) is 12.5 Å². The van der Waals surface area contributed by atoms with Gasteiger partial charge in [0.05, 0.1) is 6.54 Å². The van der Waals surface area contributed by atoms with Gasteiger partial charge in [-0.1, -0.05) is 5.92 Å². The van der Waals surface area contributed by atoms with Crippen molar-refractivity contribution in [3.63, 3.8) is 0 Å². The maximum absolute atomic E-state index is 14.1. The van der Waals surface area contributed by atoms with Gasteiger partial charge in [-0.05, 0) is 43.4 Å². The second kappa shape index (κ2) is 5.43. The largest absolute Gasteiger partial charge is 0.399 e. The van der Waals surface area contributed by atoms with Crippen LogP contribution in [-0.4, -0.2) is 25.8 Å². The molecule has 4 nitrogen and oxygen atoms in total. The lowest BCUT2D eigenvalue weighted by Gasteiger charge is -2.20. The van der Waals surface area contributed by atoms with E-state index in [1.807, 2.05) is 0 Å². The van der Waals surface area contributed by atoms with E-state index in [9.17, 15) is 12.8 Å². The molecule has 1 aliphatic carbocycles. The summed E-state index contributed by atoms with van der Waals surface area (Å²) in [4.78, 5) is -0.397. The van der Waals surface area contributed by atoms with Crippen molar-refractivity contribution >= 4 is 15.7 Å². The molecule has 0 atom stereocenters. The fourth-order valence-corrected chi connectivity index (χ4v) is 3.63. The third kappa shape index (κ3) is 2.94. The summed E-state index contributed by atoms with van der Waals surface area (Å²) in [6, 6.07) is 2.55. The topological polar surface area (TPSA) is 63.4 Å². The molecular formula is C14H17FN2O2S. The number of rotatable bonds is 5. The van der Waals surface area contributed by atoms with Gasteiger partial charge in [0.2, 0.25) is 10.0 Å². The maximum atomic E-state index is 14.1. The number of halogens is 1. The number of nitrogens with two attached hydrogens (primary N) is 1. The van der Waals surface area contributed by atoms with Crippen molar-refractivity contribution in [2.24, 2.45) is 5.92 Å². The van der Waals surface area contributed by atoms with E-state index in [0.717, 1.165) is 23.2 Å². The van der Waals surface area contributed by atoms with Gasteiger partial charge in [-0.2, -0.15) is 4.31 Å². The summed E-state index contributed by atoms with van der Waals surface area (Å²) >= 11 is 0. The number of aryl methyl sites for hydroxylation is 1. The highest BCUT2D eigenvalue weighted by atomic mass is 32.2. The third-order valence-corrected chi connectivity index (χ3v) is 5.10. The molecule has 1 saturated carbocycles. The molecule has 0 radical (unpaired) electrons. The molecule has 1 fully saturated rings. The van der Waals surface area contributed by atoms with E-state index < -0.39 is 20.7 Å². The van der Waals surface area contributed by atoms with Gasteiger partial charge in [0, 0.05) is 12.2 Å². The molecule has 0 bridgehead atoms. The summed E-state index contributed by atoms with van der Waals surface area (Å²) in [6.45, 7) is 1.75. The van der Waals surface area contributed by atoms with Crippen LogP contribution >= 0.6 is 0 Å². The fraction of sp³-hybridized carbons (Fsp3) is 0.429. The Bertz CT molecular complexity index is 660. The first-order chi connectivity index (χ1) is 9.36. The summed E-state index contributed by atoms with van der Waals surface area (Å²) in [7, 11) is -3.96. The van der Waals surface area contributed by atoms with Crippen LogP contribution in [0.2, 0.25) is 0 Å². The van der Waals surface area contributed by atoms with Crippen molar-refractivity contribution in [2.45, 2.75) is 24.7 Å². The Hall–Kier alpha value is -1.58. The zero-order valence-electron chi connectivity index (χ0n) is 11.3. The predicted molar refractivity (Wildman–Crippen MR) is 75.9 cm³/mol. The standard InChI is InChI=1S/C14H17FN2O2S/c1-3-6-17(9-11-4-5-11)20(18,19)13-8-12(16)7-10(2)14(13)15/h1,7-8,11H,4-6,9,16H2,2H3. The lowest BCUT2D eigenvalue weighted by atomic mass is 10.2. The Kier molecular flexibility index (Phi) is 4.02. The molecule has 0 aromatic heterocycles. The van der Waals surface area contributed by atoms with Gasteiger partial charge in [0.1, 0.15) is 10.7 Å². The summed E-state index contributed by atoms with van der Waals surface area (Å²) in [5.41, 5.74) is 6.04. The second-order valence-corrected chi connectivity index (χ2v) is 7.00. The van der Waals surface area contributed by atoms with Crippen LogP contribution in [0.5, 0.6) is 0 Å². The average Bonchev–Trinajstić information content (AvgIpc) is 3.17. The Labute approximate surface area is 118 Å². The first kappa shape index (κ1) is 14.8. The smallest absolute Gasteiger partial charge is 0.246 e. The molecule has 1 aromatic rings. The molecule has 1 aromatic carbocycles. The first-order valence-electron chi connectivity index (χ1n) is 6.35. The van der Waals surface area contributed by atoms with Crippen molar-refractivity contribution in [1.29, 1.82) is 0 Å². The van der Waals surface area contributed by atoms with Crippen molar-refractivity contribution in [2.75, 3.05) is 18.8 Å². The maximum Gasteiger partial charge on any atom is 0.246 e. The summed E-state index contributed by atoms with van der Waals surface area (Å²) in [5.74, 6) is 1.87. The number of hydrogen-bond acceptors (Lipinski definition) is 3. The quantitative estimate of drug-likeness (QED) is 0.665. The van der Waals surface area contributed by atoms with E-state index in [2.05, 4.69) is 5.92 Å². The highest BCUT2D eigenvalue weighted by Gasteiger charge is 2.33. The molecule has 108 valence electrons. The zero-order valence-corrected chi connectivity index (χ0v) is 12.1. The molecule has 6 heteroatoms. The van der Waals surface area contributed by atoms with Crippen LogP contribution in [0.3, 0.4) is 0 Å². The molecule has 0 amide bonds. The molecule has 20 heavy (non-hydrogen) atoms. The predicted octanol–water partition coefficient (Wildman–Crippen LogP) is 1.75. The number of hydrogen-bond donors (Lipinski definition) is 1. The molecule has 0 aliphatic heterocycles. The van der Waals surface area contributed by atoms with Gasteiger partial charge < -0.3 is 5.73 Å². The van der Waals surface area contributed by atoms with Gasteiger partial charge in [0.25, 0.3) is 0 Å². The van der Waals surface area contributed by atoms with Crippen molar-refractivity contribution in [3.8, 4) is 12.3 Å². The number of nitrogens with zero attached hydrogens (tertiary/aromatic N) is 1. The number of anilines is 1. The van der Waals surface area contributed by atoms with Crippen LogP contribution < -0.4 is 5.73 Å². The van der Waals surface area contributed by atoms with Gasteiger partial charge in [-0.15, -0.1) is 6.42 Å². The lowest BCUT2D eigenvalue weighted by Crippen LogP contribution is -2.34. The highest BCUT2D eigenvalue weighted by molar-refractivity contribution is 7.89. The van der Waals surface area contributed by atoms with Gasteiger partial charge in [-0.3, -0.25) is 0 Å². The van der Waals surface area contributed by atoms with E-state index in [1.54, 1.807) is 0 Å². The van der Waals surface area contributed by atoms with Crippen LogP contribution in [0.4, 0.5) is 10.1 Å². The molecule has 0 saturated heterocycles. The monoisotopic (exact) mass is 296 g/mol. The van der Waals surface area contributed by atoms with Gasteiger partial charge >= 0.3 is 0 Å². The molecule has 2 N–H and O–H groups in total. The molecular weight excluding hydrogens is 279 g/mol. The molecule has 0 heterocycles. The minimum atomic E-state index is -3.96. The Morgan fingerprint density at radius 3 is 2.70 bits per heavy atom. The third-order valence-electron chi connectivity index (χ3n) is 3.29. The van der Waals surface area contributed by atoms with Crippen molar-refractivity contribution < 1.29 is 12.8 Å². The van der Waals surface area contributed by atoms with E-state index in [-0.39, 0.29) is 17.8 Å². The van der Waals surface area contributed by atoms with Crippen LogP contribution in [-0.2, 0) is 10.0 Å². The normalized spacial score (nSPS) is 15.3. The Morgan fingerprint density at radius 1 is 1.50 bits per heavy atom. The van der Waals surface area contributed by atoms with Crippen LogP contribution in [0.15, 0.2) is 17.0 Å². The first-order valence-corrected chi connectivity index (χ1v) is 7.79. The number of terminal acetylenes is 1. The zero-order chi connectivity index (χ0) is 14.9. The summed E-state index contributed by atoms with van der Waals surface area (Å²) in [5, 5.41) is 0. The highest BCUT2D eigenvalue weighted by Crippen LogP contribution is 2.32. The van der Waals surface area contributed by atoms with Crippen LogP contribution in [0, 0.1) is 31.0 Å². The number of benzene rings is 1. The van der Waals surface area contributed by atoms with E-state index in [1.165, 1.54) is 13.0 Å². The van der Waals surface area contributed by atoms with E-state index in [4.69, 9.17) is 12.2 Å². The van der Waals surface area contributed by atoms with Gasteiger partial charge in [0.15, 0.2) is 0 Å². The molecule has 2 rings (SSSR count). The van der Waals surface area contributed by atoms with Crippen molar-refractivity contribution in [3.05, 3.63) is 23.5 Å². The Balaban J connectivity index is 2.44. The second-order valence-electron chi connectivity index (χ2n) is 5.09. The summed E-state index contributed by atoms with van der Waals surface area (Å²) < 4.78 is 40.4. The number of nitrogen functional groups attached to an aromatic ring is 1.